The number of hydrogen-bond acceptors (Lipinski definition) is 4. The van der Waals surface area contributed by atoms with Crippen LogP contribution in [0, 0.1) is 0 Å². The highest BCUT2D eigenvalue weighted by atomic mass is 35.5. The maximum Gasteiger partial charge on any atom is 0.246 e. The van der Waals surface area contributed by atoms with Gasteiger partial charge in [0, 0.05) is 32.7 Å². The van der Waals surface area contributed by atoms with Gasteiger partial charge in [0.2, 0.25) is 10.0 Å². The van der Waals surface area contributed by atoms with Crippen LogP contribution in [0.3, 0.4) is 0 Å². The van der Waals surface area contributed by atoms with E-state index in [0.717, 1.165) is 17.9 Å². The van der Waals surface area contributed by atoms with Gasteiger partial charge < -0.3 is 4.74 Å². The number of benzene rings is 2. The molecule has 0 N–H and O–H groups in total. The number of hydrogen-bond donors (Lipinski definition) is 0. The first-order valence-corrected chi connectivity index (χ1v) is 10.4. The molecule has 0 aliphatic carbocycles. The second-order valence-electron chi connectivity index (χ2n) is 6.08. The van der Waals surface area contributed by atoms with E-state index in [2.05, 4.69) is 4.90 Å². The molecule has 0 bridgehead atoms. The Labute approximate surface area is 164 Å². The summed E-state index contributed by atoms with van der Waals surface area (Å²) < 4.78 is 32.5. The molecular formula is C18H20Cl2N2O3S. The van der Waals surface area contributed by atoms with E-state index in [1.807, 2.05) is 24.3 Å². The molecule has 0 spiro atoms. The monoisotopic (exact) mass is 414 g/mol. The molecule has 0 aromatic heterocycles. The number of rotatable bonds is 5. The van der Waals surface area contributed by atoms with E-state index in [4.69, 9.17) is 27.9 Å². The van der Waals surface area contributed by atoms with Crippen LogP contribution in [0.2, 0.25) is 10.0 Å². The van der Waals surface area contributed by atoms with Gasteiger partial charge in [-0.25, -0.2) is 8.42 Å². The lowest BCUT2D eigenvalue weighted by molar-refractivity contribution is 0.181. The Kier molecular flexibility index (Phi) is 6.10. The molecule has 1 fully saturated rings. The smallest absolute Gasteiger partial charge is 0.246 e. The molecule has 5 nitrogen and oxygen atoms in total. The predicted octanol–water partition coefficient (Wildman–Crippen LogP) is 3.51. The van der Waals surface area contributed by atoms with Crippen molar-refractivity contribution in [1.82, 2.24) is 9.21 Å². The second-order valence-corrected chi connectivity index (χ2v) is 8.77. The molecule has 0 atom stereocenters. The molecule has 0 saturated carbocycles. The van der Waals surface area contributed by atoms with Gasteiger partial charge in [0.25, 0.3) is 0 Å². The van der Waals surface area contributed by atoms with E-state index in [1.54, 1.807) is 25.3 Å². The minimum Gasteiger partial charge on any atom is -0.497 e. The standard InChI is InChI=1S/C18H20Cl2N2O3S/c1-25-15-5-2-4-14(12-15)13-21-8-10-22(11-9-21)26(23,24)18-16(19)6-3-7-17(18)20/h2-7,12H,8-11,13H2,1H3. The van der Waals surface area contributed by atoms with Crippen molar-refractivity contribution in [3.05, 3.63) is 58.1 Å². The summed E-state index contributed by atoms with van der Waals surface area (Å²) >= 11 is 12.2. The highest BCUT2D eigenvalue weighted by Crippen LogP contribution is 2.32. The number of nitrogens with zero attached hydrogens (tertiary/aromatic N) is 2. The summed E-state index contributed by atoms with van der Waals surface area (Å²) in [6.07, 6.45) is 0. The lowest BCUT2D eigenvalue weighted by atomic mass is 10.2. The van der Waals surface area contributed by atoms with E-state index in [1.165, 1.54) is 4.31 Å². The molecule has 1 aliphatic rings. The van der Waals surface area contributed by atoms with Crippen molar-refractivity contribution < 1.29 is 13.2 Å². The molecule has 1 aliphatic heterocycles. The third-order valence-electron chi connectivity index (χ3n) is 4.39. The minimum absolute atomic E-state index is 0.00965. The number of halogens is 2. The van der Waals surface area contributed by atoms with Crippen LogP contribution in [0.5, 0.6) is 5.75 Å². The number of methoxy groups -OCH3 is 1. The zero-order chi connectivity index (χ0) is 18.7. The van der Waals surface area contributed by atoms with Gasteiger partial charge >= 0.3 is 0 Å². The normalized spacial score (nSPS) is 16.6. The molecule has 1 heterocycles. The van der Waals surface area contributed by atoms with E-state index in [0.29, 0.717) is 26.2 Å². The van der Waals surface area contributed by atoms with Crippen molar-refractivity contribution in [2.45, 2.75) is 11.4 Å². The van der Waals surface area contributed by atoms with Crippen LogP contribution in [-0.2, 0) is 16.6 Å². The van der Waals surface area contributed by atoms with Gasteiger partial charge in [-0.15, -0.1) is 0 Å². The summed E-state index contributed by atoms with van der Waals surface area (Å²) in [5, 5.41) is 0.299. The van der Waals surface area contributed by atoms with Crippen molar-refractivity contribution in [3.8, 4) is 5.75 Å². The Morgan fingerprint density at radius 1 is 1.00 bits per heavy atom. The highest BCUT2D eigenvalue weighted by Gasteiger charge is 2.31. The maximum absolute atomic E-state index is 12.9. The Morgan fingerprint density at radius 3 is 2.23 bits per heavy atom. The first-order valence-electron chi connectivity index (χ1n) is 8.21. The van der Waals surface area contributed by atoms with Crippen LogP contribution in [0.25, 0.3) is 0 Å². The van der Waals surface area contributed by atoms with Crippen LogP contribution in [0.1, 0.15) is 5.56 Å². The van der Waals surface area contributed by atoms with Crippen LogP contribution in [0.15, 0.2) is 47.4 Å². The first-order chi connectivity index (χ1) is 12.4. The fourth-order valence-electron chi connectivity index (χ4n) is 3.02. The van der Waals surface area contributed by atoms with Gasteiger partial charge in [0.05, 0.1) is 17.2 Å². The topological polar surface area (TPSA) is 49.9 Å². The minimum atomic E-state index is -3.71. The highest BCUT2D eigenvalue weighted by molar-refractivity contribution is 7.89. The number of sulfonamides is 1. The fraction of sp³-hybridized carbons (Fsp3) is 0.333. The van der Waals surface area contributed by atoms with E-state index >= 15 is 0 Å². The van der Waals surface area contributed by atoms with E-state index in [9.17, 15) is 8.42 Å². The summed E-state index contributed by atoms with van der Waals surface area (Å²) in [7, 11) is -2.07. The molecular weight excluding hydrogens is 395 g/mol. The largest absolute Gasteiger partial charge is 0.497 e. The van der Waals surface area contributed by atoms with Crippen LogP contribution in [0.4, 0.5) is 0 Å². The summed E-state index contributed by atoms with van der Waals surface area (Å²) in [6, 6.07) is 12.6. The molecule has 0 unspecified atom stereocenters. The lowest BCUT2D eigenvalue weighted by Crippen LogP contribution is -2.48. The molecule has 1 saturated heterocycles. The van der Waals surface area contributed by atoms with Crippen molar-refractivity contribution in [2.24, 2.45) is 0 Å². The number of piperazine rings is 1. The second kappa shape index (κ2) is 8.15. The van der Waals surface area contributed by atoms with Gasteiger partial charge in [-0.2, -0.15) is 4.31 Å². The summed E-state index contributed by atoms with van der Waals surface area (Å²) in [4.78, 5) is 2.21. The van der Waals surface area contributed by atoms with Crippen molar-refractivity contribution in [3.63, 3.8) is 0 Å². The number of ether oxygens (including phenoxy) is 1. The zero-order valence-electron chi connectivity index (χ0n) is 14.4. The Hall–Kier alpha value is -1.31. The Morgan fingerprint density at radius 2 is 1.62 bits per heavy atom. The van der Waals surface area contributed by atoms with Gasteiger partial charge in [-0.3, -0.25) is 4.90 Å². The fourth-order valence-corrected chi connectivity index (χ4v) is 5.53. The average molecular weight is 415 g/mol. The maximum atomic E-state index is 12.9. The van der Waals surface area contributed by atoms with E-state index in [-0.39, 0.29) is 14.9 Å². The third-order valence-corrected chi connectivity index (χ3v) is 7.24. The van der Waals surface area contributed by atoms with Crippen molar-refractivity contribution in [1.29, 1.82) is 0 Å². The SMILES string of the molecule is COc1cccc(CN2CCN(S(=O)(=O)c3c(Cl)cccc3Cl)CC2)c1. The lowest BCUT2D eigenvalue weighted by Gasteiger charge is -2.34. The molecule has 2 aromatic rings. The van der Waals surface area contributed by atoms with Crippen LogP contribution >= 0.6 is 23.2 Å². The summed E-state index contributed by atoms with van der Waals surface area (Å²) in [5.74, 6) is 0.817. The summed E-state index contributed by atoms with van der Waals surface area (Å²) in [6.45, 7) is 2.82. The van der Waals surface area contributed by atoms with Crippen LogP contribution in [-0.4, -0.2) is 50.9 Å². The predicted molar refractivity (Wildman–Crippen MR) is 103 cm³/mol. The third kappa shape index (κ3) is 4.15. The summed E-state index contributed by atoms with van der Waals surface area (Å²) in [5.41, 5.74) is 1.13. The van der Waals surface area contributed by atoms with Gasteiger partial charge in [-0.05, 0) is 29.8 Å². The van der Waals surface area contributed by atoms with Gasteiger partial charge in [-0.1, -0.05) is 41.4 Å². The first kappa shape index (κ1) is 19.5. The van der Waals surface area contributed by atoms with Gasteiger partial charge in [0.15, 0.2) is 0 Å². The molecule has 0 radical (unpaired) electrons. The Bertz CT molecular complexity index is 862. The molecule has 2 aromatic carbocycles. The van der Waals surface area contributed by atoms with E-state index < -0.39 is 10.0 Å². The Balaban J connectivity index is 1.68. The quantitative estimate of drug-likeness (QED) is 0.750. The van der Waals surface area contributed by atoms with Crippen molar-refractivity contribution in [2.75, 3.05) is 33.3 Å². The molecule has 8 heteroatoms. The average Bonchev–Trinajstić information content (AvgIpc) is 2.62. The molecule has 0 amide bonds. The molecule has 140 valence electrons. The molecule has 3 rings (SSSR count). The van der Waals surface area contributed by atoms with Crippen LogP contribution < -0.4 is 4.74 Å². The molecule has 26 heavy (non-hydrogen) atoms. The zero-order valence-corrected chi connectivity index (χ0v) is 16.7. The van der Waals surface area contributed by atoms with Gasteiger partial charge in [0.1, 0.15) is 10.6 Å². The van der Waals surface area contributed by atoms with Crippen molar-refractivity contribution >= 4 is 33.2 Å².